The Hall–Kier alpha value is -2.28. The van der Waals surface area contributed by atoms with Gasteiger partial charge in [-0.25, -0.2) is 17.2 Å². The molecule has 0 unspecified atom stereocenters. The third-order valence-corrected chi connectivity index (χ3v) is 6.02. The minimum atomic E-state index is -3.59. The quantitative estimate of drug-likeness (QED) is 0.775. The van der Waals surface area contributed by atoms with Crippen LogP contribution in [0.3, 0.4) is 0 Å². The number of Topliss-reactive ketones (excluding diaryl/α,β-unsaturated/α-hetero) is 1. The van der Waals surface area contributed by atoms with Gasteiger partial charge in [-0.15, -0.1) is 0 Å². The van der Waals surface area contributed by atoms with Gasteiger partial charge < -0.3 is 0 Å². The summed E-state index contributed by atoms with van der Waals surface area (Å²) in [4.78, 5) is 12.1. The van der Waals surface area contributed by atoms with Crippen LogP contribution in [0.5, 0.6) is 0 Å². The second kappa shape index (κ2) is 7.03. The molecule has 0 spiro atoms. The predicted octanol–water partition coefficient (Wildman–Crippen LogP) is 3.86. The molecule has 0 aromatic heterocycles. The third-order valence-electron chi connectivity index (χ3n) is 4.69. The molecule has 0 fully saturated rings. The fraction of sp³-hybridized carbons (Fsp3) is 0.350. The van der Waals surface area contributed by atoms with Gasteiger partial charge in [0.2, 0.25) is 10.0 Å². The Morgan fingerprint density at radius 1 is 1.07 bits per heavy atom. The number of aryl methyl sites for hydroxylation is 1. The topological polar surface area (TPSA) is 54.5 Å². The SMILES string of the molecule is CC(C)N(c1cc2c(cc1Cc1ccc(F)cc1F)C(=O)CC2)S(C)(=O)=O. The number of rotatable bonds is 5. The highest BCUT2D eigenvalue weighted by Crippen LogP contribution is 2.34. The molecule has 0 aliphatic heterocycles. The minimum absolute atomic E-state index is 0.00664. The number of sulfonamides is 1. The van der Waals surface area contributed by atoms with Crippen LogP contribution < -0.4 is 4.31 Å². The fourth-order valence-electron chi connectivity index (χ4n) is 3.58. The largest absolute Gasteiger partial charge is 0.294 e. The maximum atomic E-state index is 14.2. The summed E-state index contributed by atoms with van der Waals surface area (Å²) in [5.74, 6) is -1.39. The van der Waals surface area contributed by atoms with Crippen LogP contribution in [0.25, 0.3) is 0 Å². The Bertz CT molecular complexity index is 1020. The van der Waals surface area contributed by atoms with E-state index in [0.717, 1.165) is 24.0 Å². The van der Waals surface area contributed by atoms with E-state index in [1.54, 1.807) is 26.0 Å². The lowest BCUT2D eigenvalue weighted by Crippen LogP contribution is -2.37. The van der Waals surface area contributed by atoms with E-state index in [9.17, 15) is 22.0 Å². The zero-order chi connectivity index (χ0) is 19.9. The first-order chi connectivity index (χ1) is 12.6. The van der Waals surface area contributed by atoms with Gasteiger partial charge in [-0.1, -0.05) is 6.07 Å². The molecule has 2 aromatic rings. The number of benzene rings is 2. The molecule has 4 nitrogen and oxygen atoms in total. The molecule has 1 aliphatic rings. The molecule has 0 N–H and O–H groups in total. The van der Waals surface area contributed by atoms with Crippen LogP contribution in [0.1, 0.15) is 47.3 Å². The van der Waals surface area contributed by atoms with Gasteiger partial charge in [-0.2, -0.15) is 0 Å². The van der Waals surface area contributed by atoms with Gasteiger partial charge in [-0.05, 0) is 55.2 Å². The van der Waals surface area contributed by atoms with Gasteiger partial charge in [0.05, 0.1) is 11.9 Å². The van der Waals surface area contributed by atoms with Crippen LogP contribution in [0.15, 0.2) is 30.3 Å². The molecule has 2 aromatic carbocycles. The van der Waals surface area contributed by atoms with Crippen LogP contribution >= 0.6 is 0 Å². The summed E-state index contributed by atoms with van der Waals surface area (Å²) in [6.07, 6.45) is 2.11. The molecular weight excluding hydrogens is 372 g/mol. The second-order valence-electron chi connectivity index (χ2n) is 7.13. The summed E-state index contributed by atoms with van der Waals surface area (Å²) >= 11 is 0. The number of carbonyl (C=O) groups excluding carboxylic acids is 1. The lowest BCUT2D eigenvalue weighted by molar-refractivity contribution is 0.0994. The zero-order valence-electron chi connectivity index (χ0n) is 15.4. The molecule has 0 heterocycles. The molecule has 144 valence electrons. The van der Waals surface area contributed by atoms with Crippen molar-refractivity contribution in [2.75, 3.05) is 10.6 Å². The van der Waals surface area contributed by atoms with E-state index in [4.69, 9.17) is 0 Å². The zero-order valence-corrected chi connectivity index (χ0v) is 16.2. The van der Waals surface area contributed by atoms with Crippen molar-refractivity contribution in [3.63, 3.8) is 0 Å². The van der Waals surface area contributed by atoms with E-state index < -0.39 is 21.7 Å². The van der Waals surface area contributed by atoms with Crippen molar-refractivity contribution >= 4 is 21.5 Å². The van der Waals surface area contributed by atoms with Crippen molar-refractivity contribution in [2.24, 2.45) is 0 Å². The van der Waals surface area contributed by atoms with E-state index in [1.165, 1.54) is 10.4 Å². The fourth-order valence-corrected chi connectivity index (χ4v) is 4.88. The summed E-state index contributed by atoms with van der Waals surface area (Å²) in [6, 6.07) is 6.31. The minimum Gasteiger partial charge on any atom is -0.294 e. The van der Waals surface area contributed by atoms with Crippen molar-refractivity contribution in [3.05, 3.63) is 64.2 Å². The number of halogens is 2. The number of anilines is 1. The summed E-state index contributed by atoms with van der Waals surface area (Å²) in [6.45, 7) is 3.50. The van der Waals surface area contributed by atoms with E-state index in [1.807, 2.05) is 0 Å². The molecule has 27 heavy (non-hydrogen) atoms. The lowest BCUT2D eigenvalue weighted by atomic mass is 9.97. The Balaban J connectivity index is 2.18. The maximum absolute atomic E-state index is 14.2. The van der Waals surface area contributed by atoms with Crippen molar-refractivity contribution in [1.82, 2.24) is 0 Å². The maximum Gasteiger partial charge on any atom is 0.232 e. The average Bonchev–Trinajstić information content (AvgIpc) is 2.89. The number of carbonyl (C=O) groups is 1. The average molecular weight is 393 g/mol. The molecule has 0 saturated carbocycles. The first kappa shape index (κ1) is 19.5. The van der Waals surface area contributed by atoms with Crippen molar-refractivity contribution in [1.29, 1.82) is 0 Å². The molecule has 1 aliphatic carbocycles. The molecule has 7 heteroatoms. The number of fused-ring (bicyclic) bond motifs is 1. The van der Waals surface area contributed by atoms with Crippen molar-refractivity contribution in [2.45, 2.75) is 39.2 Å². The summed E-state index contributed by atoms with van der Waals surface area (Å²) in [5, 5.41) is 0. The Labute approximate surface area is 157 Å². The number of hydrogen-bond acceptors (Lipinski definition) is 3. The van der Waals surface area contributed by atoms with E-state index in [-0.39, 0.29) is 23.8 Å². The Kier molecular flexibility index (Phi) is 5.08. The van der Waals surface area contributed by atoms with Gasteiger partial charge in [0.1, 0.15) is 11.6 Å². The highest BCUT2D eigenvalue weighted by molar-refractivity contribution is 7.92. The molecule has 0 atom stereocenters. The first-order valence-corrected chi connectivity index (χ1v) is 10.5. The molecular formula is C20H21F2NO3S. The summed E-state index contributed by atoms with van der Waals surface area (Å²) < 4.78 is 53.5. The van der Waals surface area contributed by atoms with E-state index >= 15 is 0 Å². The number of hydrogen-bond donors (Lipinski definition) is 0. The standard InChI is InChI=1S/C20H21F2NO3S/c1-12(2)23(27(3,25)26)19-10-13-5-7-20(24)17(13)9-15(19)8-14-4-6-16(21)11-18(14)22/h4,6,9-12H,5,7-8H2,1-3H3. The predicted molar refractivity (Wildman–Crippen MR) is 101 cm³/mol. The highest BCUT2D eigenvalue weighted by atomic mass is 32.2. The summed E-state index contributed by atoms with van der Waals surface area (Å²) in [7, 11) is -3.59. The van der Waals surface area contributed by atoms with Crippen LogP contribution in [0, 0.1) is 11.6 Å². The Morgan fingerprint density at radius 3 is 2.37 bits per heavy atom. The van der Waals surface area contributed by atoms with Gasteiger partial charge in [-0.3, -0.25) is 9.10 Å². The normalized spacial score (nSPS) is 13.9. The Morgan fingerprint density at radius 2 is 1.78 bits per heavy atom. The smallest absolute Gasteiger partial charge is 0.232 e. The monoisotopic (exact) mass is 393 g/mol. The highest BCUT2D eigenvalue weighted by Gasteiger charge is 2.28. The van der Waals surface area contributed by atoms with Gasteiger partial charge in [0, 0.05) is 30.5 Å². The molecule has 3 rings (SSSR count). The molecule has 0 bridgehead atoms. The number of ketones is 1. The number of nitrogens with zero attached hydrogens (tertiary/aromatic N) is 1. The lowest BCUT2D eigenvalue weighted by Gasteiger charge is -2.29. The summed E-state index contributed by atoms with van der Waals surface area (Å²) in [5.41, 5.74) is 2.54. The van der Waals surface area contributed by atoms with Crippen LogP contribution in [-0.4, -0.2) is 26.5 Å². The molecule has 0 amide bonds. The molecule has 0 radical (unpaired) electrons. The van der Waals surface area contributed by atoms with Gasteiger partial charge in [0.25, 0.3) is 0 Å². The van der Waals surface area contributed by atoms with Crippen molar-refractivity contribution in [3.8, 4) is 0 Å². The first-order valence-electron chi connectivity index (χ1n) is 8.70. The van der Waals surface area contributed by atoms with Crippen LogP contribution in [-0.2, 0) is 22.9 Å². The van der Waals surface area contributed by atoms with Gasteiger partial charge in [0.15, 0.2) is 5.78 Å². The van der Waals surface area contributed by atoms with Gasteiger partial charge >= 0.3 is 0 Å². The molecule has 0 saturated heterocycles. The van der Waals surface area contributed by atoms with E-state index in [0.29, 0.717) is 29.7 Å². The second-order valence-corrected chi connectivity index (χ2v) is 8.99. The third kappa shape index (κ3) is 3.88. The van der Waals surface area contributed by atoms with Crippen LogP contribution in [0.4, 0.5) is 14.5 Å². The van der Waals surface area contributed by atoms with Crippen molar-refractivity contribution < 1.29 is 22.0 Å². The van der Waals surface area contributed by atoms with E-state index in [2.05, 4.69) is 0 Å². The van der Waals surface area contributed by atoms with Crippen LogP contribution in [0.2, 0.25) is 0 Å².